The van der Waals surface area contributed by atoms with Gasteiger partial charge < -0.3 is 5.32 Å². The molecule has 5 rings (SSSR count). The predicted molar refractivity (Wildman–Crippen MR) is 135 cm³/mol. The van der Waals surface area contributed by atoms with Crippen LogP contribution in [0.2, 0.25) is 0 Å². The number of nitrogens with zero attached hydrogens (tertiary/aromatic N) is 2. The van der Waals surface area contributed by atoms with Gasteiger partial charge in [0.05, 0.1) is 22.3 Å². The number of thiophene rings is 1. The highest BCUT2D eigenvalue weighted by Gasteiger charge is 2.26. The number of aryl methyl sites for hydroxylation is 1. The van der Waals surface area contributed by atoms with Crippen LogP contribution in [0, 0.1) is 24.2 Å². The number of carbonyl (C=O) groups is 1. The number of nitrogens with one attached hydrogen (secondary N) is 1. The maximum atomic E-state index is 13.5. The number of aromatic nitrogens is 1. The third-order valence-electron chi connectivity index (χ3n) is 6.59. The molecule has 2 heterocycles. The van der Waals surface area contributed by atoms with Gasteiger partial charge in [-0.2, -0.15) is 5.26 Å². The fourth-order valence-corrected chi connectivity index (χ4v) is 5.92. The Labute approximate surface area is 197 Å². The Bertz CT molecular complexity index is 1400. The summed E-state index contributed by atoms with van der Waals surface area (Å²) in [5.74, 6) is 0.455. The second-order valence-corrected chi connectivity index (χ2v) is 9.83. The van der Waals surface area contributed by atoms with Crippen LogP contribution in [0.5, 0.6) is 0 Å². The number of carbonyl (C=O) groups excluding carboxylic acids is 1. The molecular formula is C28H25N3OS. The summed E-state index contributed by atoms with van der Waals surface area (Å²) < 4.78 is 0. The Balaban J connectivity index is 1.55. The minimum atomic E-state index is -0.205. The van der Waals surface area contributed by atoms with Gasteiger partial charge in [-0.15, -0.1) is 11.3 Å². The van der Waals surface area contributed by atoms with E-state index in [0.717, 1.165) is 53.4 Å². The van der Waals surface area contributed by atoms with E-state index in [1.165, 1.54) is 10.4 Å². The van der Waals surface area contributed by atoms with E-state index in [4.69, 9.17) is 4.98 Å². The second-order valence-electron chi connectivity index (χ2n) is 8.73. The van der Waals surface area contributed by atoms with Gasteiger partial charge in [-0.05, 0) is 49.8 Å². The zero-order chi connectivity index (χ0) is 22.9. The van der Waals surface area contributed by atoms with Crippen LogP contribution >= 0.6 is 11.3 Å². The van der Waals surface area contributed by atoms with E-state index in [2.05, 4.69) is 18.3 Å². The van der Waals surface area contributed by atoms with Crippen LogP contribution in [0.1, 0.15) is 51.7 Å². The molecule has 0 spiro atoms. The molecule has 0 fully saturated rings. The van der Waals surface area contributed by atoms with Crippen molar-refractivity contribution in [2.45, 2.75) is 39.5 Å². The van der Waals surface area contributed by atoms with Gasteiger partial charge in [0, 0.05) is 15.8 Å². The SMILES string of the molecule is CCC1CCc2c(sc(NC(=O)c3cc(-c4ccc(C)cc4)nc4ccccc34)c2C#N)C1. The number of fused-ring (bicyclic) bond motifs is 2. The van der Waals surface area contributed by atoms with Crippen molar-refractivity contribution >= 4 is 33.1 Å². The zero-order valence-electron chi connectivity index (χ0n) is 18.8. The lowest BCUT2D eigenvalue weighted by atomic mass is 9.86. The first-order valence-corrected chi connectivity index (χ1v) is 12.2. The van der Waals surface area contributed by atoms with Crippen molar-refractivity contribution in [1.29, 1.82) is 5.26 Å². The largest absolute Gasteiger partial charge is 0.312 e. The number of para-hydroxylation sites is 1. The molecule has 0 aliphatic heterocycles. The van der Waals surface area contributed by atoms with Crippen molar-refractivity contribution in [1.82, 2.24) is 4.98 Å². The first kappa shape index (κ1) is 21.4. The molecule has 2 aromatic heterocycles. The molecule has 1 aliphatic carbocycles. The van der Waals surface area contributed by atoms with Gasteiger partial charge in [-0.1, -0.05) is 61.4 Å². The lowest BCUT2D eigenvalue weighted by Crippen LogP contribution is -2.13. The van der Waals surface area contributed by atoms with E-state index < -0.39 is 0 Å². The number of anilines is 1. The summed E-state index contributed by atoms with van der Waals surface area (Å²) in [7, 11) is 0. The lowest BCUT2D eigenvalue weighted by Gasteiger charge is -2.20. The molecule has 4 aromatic rings. The van der Waals surface area contributed by atoms with E-state index in [9.17, 15) is 10.1 Å². The third kappa shape index (κ3) is 4.03. The summed E-state index contributed by atoms with van der Waals surface area (Å²) in [4.78, 5) is 19.6. The molecule has 4 nitrogen and oxygen atoms in total. The molecule has 0 saturated carbocycles. The van der Waals surface area contributed by atoms with E-state index in [1.54, 1.807) is 11.3 Å². The highest BCUT2D eigenvalue weighted by atomic mass is 32.1. The quantitative estimate of drug-likeness (QED) is 0.366. The smallest absolute Gasteiger partial charge is 0.257 e. The Morgan fingerprint density at radius 2 is 2.00 bits per heavy atom. The van der Waals surface area contributed by atoms with Gasteiger partial charge in [0.15, 0.2) is 0 Å². The number of hydrogen-bond donors (Lipinski definition) is 1. The van der Waals surface area contributed by atoms with Crippen molar-refractivity contribution in [3.8, 4) is 17.3 Å². The molecule has 1 atom stereocenters. The average molecular weight is 452 g/mol. The van der Waals surface area contributed by atoms with E-state index in [0.29, 0.717) is 22.0 Å². The second kappa shape index (κ2) is 8.80. The molecule has 33 heavy (non-hydrogen) atoms. The molecule has 0 radical (unpaired) electrons. The van der Waals surface area contributed by atoms with E-state index in [1.807, 2.05) is 61.5 Å². The Hall–Kier alpha value is -3.49. The Morgan fingerprint density at radius 3 is 2.76 bits per heavy atom. The third-order valence-corrected chi connectivity index (χ3v) is 7.76. The molecule has 1 unspecified atom stereocenters. The van der Waals surface area contributed by atoms with Crippen molar-refractivity contribution in [3.05, 3.63) is 81.7 Å². The molecular weight excluding hydrogens is 426 g/mol. The van der Waals surface area contributed by atoms with E-state index in [-0.39, 0.29) is 5.91 Å². The normalized spacial score (nSPS) is 15.1. The van der Waals surface area contributed by atoms with Crippen LogP contribution in [0.25, 0.3) is 22.2 Å². The van der Waals surface area contributed by atoms with Gasteiger partial charge in [0.25, 0.3) is 5.91 Å². The predicted octanol–water partition coefficient (Wildman–Crippen LogP) is 6.91. The minimum absolute atomic E-state index is 0.205. The molecule has 164 valence electrons. The summed E-state index contributed by atoms with van der Waals surface area (Å²) in [5, 5.41) is 14.4. The van der Waals surface area contributed by atoms with Gasteiger partial charge >= 0.3 is 0 Å². The first-order valence-electron chi connectivity index (χ1n) is 11.4. The van der Waals surface area contributed by atoms with Gasteiger partial charge in [-0.3, -0.25) is 4.79 Å². The van der Waals surface area contributed by atoms with Crippen LogP contribution in [0.15, 0.2) is 54.6 Å². The monoisotopic (exact) mass is 451 g/mol. The molecule has 0 bridgehead atoms. The van der Waals surface area contributed by atoms with Gasteiger partial charge in [0.2, 0.25) is 0 Å². The number of benzene rings is 2. The fourth-order valence-electron chi connectivity index (χ4n) is 4.61. The molecule has 1 amide bonds. The maximum absolute atomic E-state index is 13.5. The van der Waals surface area contributed by atoms with Crippen molar-refractivity contribution < 1.29 is 4.79 Å². The van der Waals surface area contributed by atoms with Crippen molar-refractivity contribution in [2.24, 2.45) is 5.92 Å². The van der Waals surface area contributed by atoms with E-state index >= 15 is 0 Å². The molecule has 1 N–H and O–H groups in total. The Kier molecular flexibility index (Phi) is 5.70. The number of rotatable bonds is 4. The highest BCUT2D eigenvalue weighted by molar-refractivity contribution is 7.16. The van der Waals surface area contributed by atoms with Crippen LogP contribution in [0.4, 0.5) is 5.00 Å². The first-order chi connectivity index (χ1) is 16.1. The average Bonchev–Trinajstić information content (AvgIpc) is 3.19. The van der Waals surface area contributed by atoms with Crippen molar-refractivity contribution in [3.63, 3.8) is 0 Å². The molecule has 0 saturated heterocycles. The number of amides is 1. The highest BCUT2D eigenvalue weighted by Crippen LogP contribution is 2.40. The van der Waals surface area contributed by atoms with Crippen LogP contribution in [0.3, 0.4) is 0 Å². The van der Waals surface area contributed by atoms with Crippen LogP contribution in [-0.4, -0.2) is 10.9 Å². The van der Waals surface area contributed by atoms with Gasteiger partial charge in [-0.25, -0.2) is 4.98 Å². The summed E-state index contributed by atoms with van der Waals surface area (Å²) in [6.07, 6.45) is 4.17. The van der Waals surface area contributed by atoms with Gasteiger partial charge in [0.1, 0.15) is 11.1 Å². The lowest BCUT2D eigenvalue weighted by molar-refractivity contribution is 0.102. The Morgan fingerprint density at radius 1 is 1.21 bits per heavy atom. The summed E-state index contributed by atoms with van der Waals surface area (Å²) >= 11 is 1.57. The standard InChI is InChI=1S/C28H25N3OS/c1-3-18-10-13-21-23(16-29)28(33-26(21)14-18)31-27(32)22-15-25(19-11-8-17(2)9-12-19)30-24-7-5-4-6-20(22)24/h4-9,11-12,15,18H,3,10,13-14H2,1-2H3,(H,31,32). The zero-order valence-corrected chi connectivity index (χ0v) is 19.6. The van der Waals surface area contributed by atoms with Crippen LogP contribution < -0.4 is 5.32 Å². The summed E-state index contributed by atoms with van der Waals surface area (Å²) in [6, 6.07) is 20.1. The van der Waals surface area contributed by atoms with Crippen LogP contribution in [-0.2, 0) is 12.8 Å². The summed E-state index contributed by atoms with van der Waals surface area (Å²) in [5.41, 5.74) is 6.01. The maximum Gasteiger partial charge on any atom is 0.257 e. The summed E-state index contributed by atoms with van der Waals surface area (Å²) in [6.45, 7) is 4.27. The molecule has 2 aromatic carbocycles. The number of pyridine rings is 1. The number of hydrogen-bond acceptors (Lipinski definition) is 4. The molecule has 5 heteroatoms. The van der Waals surface area contributed by atoms with Crippen molar-refractivity contribution in [2.75, 3.05) is 5.32 Å². The topological polar surface area (TPSA) is 65.8 Å². The molecule has 1 aliphatic rings. The number of nitriles is 1. The fraction of sp³-hybridized carbons (Fsp3) is 0.250. The minimum Gasteiger partial charge on any atom is -0.312 e.